The van der Waals surface area contributed by atoms with E-state index in [4.69, 9.17) is 9.47 Å². The average Bonchev–Trinajstić information content (AvgIpc) is 3.35. The van der Waals surface area contributed by atoms with Crippen LogP contribution < -0.4 is 4.74 Å². The number of fused-ring (bicyclic) bond motifs is 5. The first-order chi connectivity index (χ1) is 13.8. The van der Waals surface area contributed by atoms with Crippen molar-refractivity contribution in [2.45, 2.75) is 92.0 Å². The van der Waals surface area contributed by atoms with E-state index in [0.717, 1.165) is 29.4 Å². The van der Waals surface area contributed by atoms with Gasteiger partial charge in [0.1, 0.15) is 5.75 Å². The summed E-state index contributed by atoms with van der Waals surface area (Å²) in [4.78, 5) is 0. The van der Waals surface area contributed by atoms with E-state index < -0.39 is 0 Å². The Kier molecular flexibility index (Phi) is 6.30. The molecule has 1 aromatic carbocycles. The summed E-state index contributed by atoms with van der Waals surface area (Å²) in [5, 5.41) is 0. The Morgan fingerprint density at radius 1 is 0.759 bits per heavy atom. The molecule has 6 atom stereocenters. The van der Waals surface area contributed by atoms with E-state index in [1.54, 1.807) is 0 Å². The molecule has 3 aliphatic carbocycles. The van der Waals surface area contributed by atoms with Crippen LogP contribution in [-0.4, -0.2) is 12.4 Å². The van der Waals surface area contributed by atoms with Crippen LogP contribution >= 0.6 is 0 Å². The minimum absolute atomic E-state index is 0.143. The molecule has 4 rings (SSSR count). The first-order valence-corrected chi connectivity index (χ1v) is 12.3. The van der Waals surface area contributed by atoms with Crippen molar-refractivity contribution < 1.29 is 9.47 Å². The molecule has 3 aliphatic rings. The minimum atomic E-state index is -0.143. The lowest BCUT2D eigenvalue weighted by molar-refractivity contribution is -0.162. The third kappa shape index (κ3) is 4.24. The van der Waals surface area contributed by atoms with Gasteiger partial charge in [-0.15, -0.1) is 0 Å². The van der Waals surface area contributed by atoms with E-state index in [2.05, 4.69) is 65.8 Å². The molecule has 0 heterocycles. The SMILES string of the molecule is CC(C)C(Oc1ccc(C(C(C)C)C(C)C)cc1)OC1CC2CC1C1CCCC21. The summed E-state index contributed by atoms with van der Waals surface area (Å²) in [6.07, 6.45) is 7.30. The van der Waals surface area contributed by atoms with Crippen LogP contribution in [0.15, 0.2) is 24.3 Å². The summed E-state index contributed by atoms with van der Waals surface area (Å²) in [6.45, 7) is 13.7. The van der Waals surface area contributed by atoms with Crippen LogP contribution in [0.1, 0.15) is 85.1 Å². The van der Waals surface area contributed by atoms with Crippen LogP contribution in [0.25, 0.3) is 0 Å². The number of hydrogen-bond donors (Lipinski definition) is 0. The molecule has 0 amide bonds. The van der Waals surface area contributed by atoms with Crippen molar-refractivity contribution in [2.75, 3.05) is 0 Å². The molecule has 0 spiro atoms. The van der Waals surface area contributed by atoms with Crippen LogP contribution in [0.3, 0.4) is 0 Å². The maximum atomic E-state index is 6.65. The van der Waals surface area contributed by atoms with Crippen molar-refractivity contribution in [3.63, 3.8) is 0 Å². The lowest BCUT2D eigenvalue weighted by Gasteiger charge is -2.35. The summed E-state index contributed by atoms with van der Waals surface area (Å²) >= 11 is 0. The Balaban J connectivity index is 1.40. The second-order valence-corrected chi connectivity index (χ2v) is 11.1. The Morgan fingerprint density at radius 3 is 2.03 bits per heavy atom. The predicted octanol–water partition coefficient (Wildman–Crippen LogP) is 7.28. The van der Waals surface area contributed by atoms with Crippen molar-refractivity contribution in [1.82, 2.24) is 0 Å². The number of rotatable bonds is 8. The lowest BCUT2D eigenvalue weighted by Crippen LogP contribution is -2.37. The molecular formula is C27H42O2. The third-order valence-corrected chi connectivity index (χ3v) is 8.17. The Labute approximate surface area is 178 Å². The molecule has 0 radical (unpaired) electrons. The molecular weight excluding hydrogens is 356 g/mol. The first kappa shape index (κ1) is 21.2. The van der Waals surface area contributed by atoms with Crippen molar-refractivity contribution in [2.24, 2.45) is 41.4 Å². The van der Waals surface area contributed by atoms with Crippen LogP contribution in [0.2, 0.25) is 0 Å². The van der Waals surface area contributed by atoms with Gasteiger partial charge >= 0.3 is 0 Å². The molecule has 0 N–H and O–H groups in total. The van der Waals surface area contributed by atoms with Gasteiger partial charge in [0.25, 0.3) is 0 Å². The number of ether oxygens (including phenoxy) is 2. The van der Waals surface area contributed by atoms with Crippen molar-refractivity contribution in [3.8, 4) is 5.75 Å². The minimum Gasteiger partial charge on any atom is -0.465 e. The predicted molar refractivity (Wildman–Crippen MR) is 120 cm³/mol. The van der Waals surface area contributed by atoms with Gasteiger partial charge in [-0.1, -0.05) is 60.1 Å². The van der Waals surface area contributed by atoms with Crippen LogP contribution in [0.5, 0.6) is 5.75 Å². The van der Waals surface area contributed by atoms with Gasteiger partial charge in [0.15, 0.2) is 0 Å². The standard InChI is InChI=1S/C27H42O2/c1-16(2)26(17(3)4)19-10-12-21(13-11-19)28-27(18(5)6)29-25-15-20-14-24(25)23-9-7-8-22(20)23/h10-13,16-18,20,22-27H,7-9,14-15H2,1-6H3. The molecule has 3 saturated carbocycles. The summed E-state index contributed by atoms with van der Waals surface area (Å²) in [7, 11) is 0. The maximum absolute atomic E-state index is 6.65. The Hall–Kier alpha value is -1.02. The largest absolute Gasteiger partial charge is 0.465 e. The van der Waals surface area contributed by atoms with Gasteiger partial charge in [-0.25, -0.2) is 0 Å². The van der Waals surface area contributed by atoms with Crippen LogP contribution in [0, 0.1) is 41.4 Å². The number of benzene rings is 1. The smallest absolute Gasteiger partial charge is 0.202 e. The Bertz CT molecular complexity index is 654. The molecule has 0 aromatic heterocycles. The number of hydrogen-bond acceptors (Lipinski definition) is 2. The van der Waals surface area contributed by atoms with E-state index in [0.29, 0.717) is 29.8 Å². The molecule has 0 saturated heterocycles. The van der Waals surface area contributed by atoms with E-state index in [-0.39, 0.29) is 6.29 Å². The summed E-state index contributed by atoms with van der Waals surface area (Å²) in [5.74, 6) is 6.85. The molecule has 1 aromatic rings. The normalized spacial score (nSPS) is 32.0. The fraction of sp³-hybridized carbons (Fsp3) is 0.778. The monoisotopic (exact) mass is 398 g/mol. The van der Waals surface area contributed by atoms with Gasteiger partial charge < -0.3 is 9.47 Å². The first-order valence-electron chi connectivity index (χ1n) is 12.3. The van der Waals surface area contributed by atoms with E-state index in [9.17, 15) is 0 Å². The summed E-state index contributed by atoms with van der Waals surface area (Å²) in [6, 6.07) is 8.83. The van der Waals surface area contributed by atoms with Crippen LogP contribution in [0.4, 0.5) is 0 Å². The second kappa shape index (κ2) is 8.61. The van der Waals surface area contributed by atoms with Crippen molar-refractivity contribution in [3.05, 3.63) is 29.8 Å². The molecule has 2 heteroatoms. The quantitative estimate of drug-likeness (QED) is 0.428. The average molecular weight is 399 g/mol. The molecule has 0 aliphatic heterocycles. The topological polar surface area (TPSA) is 18.5 Å². The summed E-state index contributed by atoms with van der Waals surface area (Å²) in [5.41, 5.74) is 1.42. The molecule has 162 valence electrons. The van der Waals surface area contributed by atoms with E-state index in [1.165, 1.54) is 37.7 Å². The fourth-order valence-corrected chi connectivity index (χ4v) is 7.10. The van der Waals surface area contributed by atoms with Crippen molar-refractivity contribution in [1.29, 1.82) is 0 Å². The Morgan fingerprint density at radius 2 is 1.41 bits per heavy atom. The fourth-order valence-electron chi connectivity index (χ4n) is 7.10. The molecule has 3 fully saturated rings. The van der Waals surface area contributed by atoms with Gasteiger partial charge in [0.2, 0.25) is 6.29 Å². The van der Waals surface area contributed by atoms with Gasteiger partial charge in [-0.3, -0.25) is 0 Å². The molecule has 2 nitrogen and oxygen atoms in total. The van der Waals surface area contributed by atoms with Crippen LogP contribution in [-0.2, 0) is 4.74 Å². The molecule has 6 unspecified atom stereocenters. The van der Waals surface area contributed by atoms with Crippen molar-refractivity contribution >= 4 is 0 Å². The van der Waals surface area contributed by atoms with E-state index >= 15 is 0 Å². The highest BCUT2D eigenvalue weighted by Crippen LogP contribution is 2.59. The highest BCUT2D eigenvalue weighted by molar-refractivity contribution is 5.30. The highest BCUT2D eigenvalue weighted by atomic mass is 16.7. The zero-order valence-electron chi connectivity index (χ0n) is 19.4. The zero-order chi connectivity index (χ0) is 20.7. The summed E-state index contributed by atoms with van der Waals surface area (Å²) < 4.78 is 13.0. The lowest BCUT2D eigenvalue weighted by atomic mass is 9.80. The van der Waals surface area contributed by atoms with E-state index in [1.807, 2.05) is 0 Å². The maximum Gasteiger partial charge on any atom is 0.202 e. The van der Waals surface area contributed by atoms with Gasteiger partial charge in [0.05, 0.1) is 6.10 Å². The van der Waals surface area contributed by atoms with Gasteiger partial charge in [0, 0.05) is 5.92 Å². The highest BCUT2D eigenvalue weighted by Gasteiger charge is 2.54. The molecule has 29 heavy (non-hydrogen) atoms. The third-order valence-electron chi connectivity index (χ3n) is 8.17. The molecule has 2 bridgehead atoms. The van der Waals surface area contributed by atoms with Gasteiger partial charge in [-0.05, 0) is 84.8 Å². The zero-order valence-corrected chi connectivity index (χ0v) is 19.4. The second-order valence-electron chi connectivity index (χ2n) is 11.1. The van der Waals surface area contributed by atoms with Gasteiger partial charge in [-0.2, -0.15) is 0 Å².